The van der Waals surface area contributed by atoms with Gasteiger partial charge in [-0.3, -0.25) is 14.5 Å². The Hall–Kier alpha value is -2.74. The van der Waals surface area contributed by atoms with Crippen LogP contribution in [0, 0.1) is 11.8 Å². The Balaban J connectivity index is 1.35. The lowest BCUT2D eigenvalue weighted by atomic mass is 9.68. The lowest BCUT2D eigenvalue weighted by Gasteiger charge is -2.55. The summed E-state index contributed by atoms with van der Waals surface area (Å²) >= 11 is 0. The number of piperidine rings is 2. The van der Waals surface area contributed by atoms with E-state index in [9.17, 15) is 14.7 Å². The summed E-state index contributed by atoms with van der Waals surface area (Å²) in [4.78, 5) is 38.4. The molecule has 8 heteroatoms. The Morgan fingerprint density at radius 2 is 1.64 bits per heavy atom. The smallest absolute Gasteiger partial charge is 0.303 e. The molecule has 1 N–H and O–H groups in total. The van der Waals surface area contributed by atoms with Crippen molar-refractivity contribution >= 4 is 22.7 Å². The number of oxime groups is 1. The third-order valence-electron chi connectivity index (χ3n) is 9.84. The van der Waals surface area contributed by atoms with Crippen LogP contribution in [0.4, 0.5) is 0 Å². The molecule has 2 aliphatic heterocycles. The molecule has 1 aromatic carbocycles. The van der Waals surface area contributed by atoms with E-state index in [0.29, 0.717) is 30.4 Å². The van der Waals surface area contributed by atoms with Gasteiger partial charge >= 0.3 is 5.97 Å². The monoisotopic (exact) mass is 534 g/mol. The number of para-hydroxylation sites is 2. The van der Waals surface area contributed by atoms with Crippen molar-refractivity contribution < 1.29 is 14.7 Å². The molecule has 6 rings (SSSR count). The highest BCUT2D eigenvalue weighted by Gasteiger charge is 2.45. The number of carboxylic acids is 1. The Kier molecular flexibility index (Phi) is 7.74. The summed E-state index contributed by atoms with van der Waals surface area (Å²) in [7, 11) is 0. The largest absolute Gasteiger partial charge is 0.481 e. The highest BCUT2D eigenvalue weighted by molar-refractivity contribution is 6.00. The van der Waals surface area contributed by atoms with Crippen LogP contribution in [-0.2, 0) is 9.63 Å². The predicted molar refractivity (Wildman–Crippen MR) is 151 cm³/mol. The van der Waals surface area contributed by atoms with E-state index in [-0.39, 0.29) is 30.1 Å². The van der Waals surface area contributed by atoms with E-state index in [1.807, 2.05) is 35.8 Å². The molecule has 4 aliphatic rings. The molecule has 0 spiro atoms. The lowest BCUT2D eigenvalue weighted by molar-refractivity contribution is -0.136. The fraction of sp³-hybridized carbons (Fsp3) is 0.677. The van der Waals surface area contributed by atoms with Crippen LogP contribution in [0.25, 0.3) is 11.0 Å². The number of aliphatic carboxylic acids is 1. The summed E-state index contributed by atoms with van der Waals surface area (Å²) in [5, 5.41) is 13.5. The summed E-state index contributed by atoms with van der Waals surface area (Å²) in [6.45, 7) is 2.15. The van der Waals surface area contributed by atoms with E-state index < -0.39 is 5.97 Å². The second kappa shape index (κ2) is 11.4. The maximum atomic E-state index is 14.2. The van der Waals surface area contributed by atoms with Crippen LogP contribution in [0.1, 0.15) is 102 Å². The molecule has 39 heavy (non-hydrogen) atoms. The number of fused-ring (bicyclic) bond motifs is 5. The molecule has 0 amide bonds. The molecular weight excluding hydrogens is 492 g/mol. The number of carboxylic acid groups (broad SMARTS) is 1. The number of aromatic nitrogens is 2. The number of carbonyl (C=O) groups is 1. The standard InChI is InChI=1S/C31H42N4O4/c1-2-39-33-27(13-14-29(36)37)30-31(38)35(28-12-4-3-11-26(28)32-30)25-18-22-9-6-10-23(19-25)34(22)24-16-20-7-5-8-21(15-20)17-24/h3-4,11-12,20-25H,2,5-10,13-19H2,1H3,(H,36,37)/b33-27+/t20?,21?,22-,23+,24?,25?. The van der Waals surface area contributed by atoms with Crippen LogP contribution in [0.3, 0.4) is 0 Å². The number of nitrogens with zero attached hydrogens (tertiary/aromatic N) is 4. The Morgan fingerprint density at radius 1 is 0.949 bits per heavy atom. The maximum absolute atomic E-state index is 14.2. The van der Waals surface area contributed by atoms with Gasteiger partial charge in [0.25, 0.3) is 5.56 Å². The van der Waals surface area contributed by atoms with Gasteiger partial charge in [0.05, 0.1) is 17.5 Å². The third-order valence-corrected chi connectivity index (χ3v) is 9.84. The normalized spacial score (nSPS) is 31.3. The van der Waals surface area contributed by atoms with Crippen LogP contribution in [0.15, 0.2) is 34.2 Å². The zero-order valence-corrected chi connectivity index (χ0v) is 23.1. The van der Waals surface area contributed by atoms with Gasteiger partial charge in [-0.05, 0) is 75.8 Å². The van der Waals surface area contributed by atoms with Gasteiger partial charge in [-0.2, -0.15) is 0 Å². The molecule has 8 nitrogen and oxygen atoms in total. The van der Waals surface area contributed by atoms with Crippen molar-refractivity contribution in [2.45, 2.75) is 115 Å². The van der Waals surface area contributed by atoms with Gasteiger partial charge < -0.3 is 14.5 Å². The molecule has 4 fully saturated rings. The van der Waals surface area contributed by atoms with Gasteiger partial charge in [-0.1, -0.05) is 43.0 Å². The SMILES string of the molecule is CCO/N=C(\CCC(=O)O)c1nc2ccccc2n(C2C[C@H]3CCC[C@@H](C2)N3C2CC3CCCC(C3)C2)c1=O. The van der Waals surface area contributed by atoms with Crippen LogP contribution < -0.4 is 5.56 Å². The number of hydrogen-bond donors (Lipinski definition) is 1. The summed E-state index contributed by atoms with van der Waals surface area (Å²) in [5.74, 6) is 0.876. The van der Waals surface area contributed by atoms with Gasteiger partial charge in [0.1, 0.15) is 12.3 Å². The predicted octanol–water partition coefficient (Wildman–Crippen LogP) is 5.53. The summed E-state index contributed by atoms with van der Waals surface area (Å²) in [6, 6.07) is 9.64. The first-order valence-electron chi connectivity index (χ1n) is 15.2. The Labute approximate surface area is 230 Å². The molecule has 2 saturated heterocycles. The van der Waals surface area contributed by atoms with Crippen molar-refractivity contribution in [2.75, 3.05) is 6.61 Å². The Bertz CT molecular complexity index is 1260. The molecule has 210 valence electrons. The molecule has 1 aromatic heterocycles. The fourth-order valence-electron chi connectivity index (χ4n) is 8.42. The number of benzene rings is 1. The van der Waals surface area contributed by atoms with Crippen molar-refractivity contribution in [3.8, 4) is 0 Å². The van der Waals surface area contributed by atoms with E-state index in [0.717, 1.165) is 35.7 Å². The van der Waals surface area contributed by atoms with Gasteiger partial charge in [0.2, 0.25) is 0 Å². The van der Waals surface area contributed by atoms with Crippen molar-refractivity contribution in [2.24, 2.45) is 17.0 Å². The van der Waals surface area contributed by atoms with Crippen molar-refractivity contribution in [1.29, 1.82) is 0 Å². The fourth-order valence-corrected chi connectivity index (χ4v) is 8.42. The zero-order valence-electron chi connectivity index (χ0n) is 23.1. The highest BCUT2D eigenvalue weighted by atomic mass is 16.6. The minimum Gasteiger partial charge on any atom is -0.481 e. The first-order chi connectivity index (χ1) is 19.0. The number of rotatable bonds is 8. The maximum Gasteiger partial charge on any atom is 0.303 e. The summed E-state index contributed by atoms with van der Waals surface area (Å²) in [6.07, 6.45) is 14.0. The van der Waals surface area contributed by atoms with Crippen molar-refractivity contribution in [3.05, 3.63) is 40.3 Å². The second-order valence-electron chi connectivity index (χ2n) is 12.3. The summed E-state index contributed by atoms with van der Waals surface area (Å²) in [5.41, 5.74) is 1.94. The van der Waals surface area contributed by atoms with Crippen LogP contribution >= 0.6 is 0 Å². The van der Waals surface area contributed by atoms with Crippen molar-refractivity contribution in [1.82, 2.24) is 14.5 Å². The molecule has 2 saturated carbocycles. The summed E-state index contributed by atoms with van der Waals surface area (Å²) < 4.78 is 1.97. The molecule has 2 aromatic rings. The van der Waals surface area contributed by atoms with E-state index in [4.69, 9.17) is 9.82 Å². The van der Waals surface area contributed by atoms with E-state index in [2.05, 4.69) is 10.1 Å². The van der Waals surface area contributed by atoms with E-state index in [1.165, 1.54) is 57.8 Å². The minimum absolute atomic E-state index is 0.0895. The molecule has 3 unspecified atom stereocenters. The number of hydrogen-bond acceptors (Lipinski definition) is 6. The van der Waals surface area contributed by atoms with Gasteiger partial charge in [-0.25, -0.2) is 4.98 Å². The second-order valence-corrected chi connectivity index (χ2v) is 12.3. The third kappa shape index (κ3) is 5.37. The minimum atomic E-state index is -0.938. The lowest BCUT2D eigenvalue weighted by Crippen LogP contribution is -2.58. The molecule has 4 bridgehead atoms. The van der Waals surface area contributed by atoms with Crippen LogP contribution in [0.2, 0.25) is 0 Å². The van der Waals surface area contributed by atoms with Crippen LogP contribution in [-0.4, -0.2) is 56.0 Å². The van der Waals surface area contributed by atoms with Crippen LogP contribution in [0.5, 0.6) is 0 Å². The van der Waals surface area contributed by atoms with Gasteiger partial charge in [0, 0.05) is 30.6 Å². The van der Waals surface area contributed by atoms with E-state index in [1.54, 1.807) is 0 Å². The topological polar surface area (TPSA) is 97.0 Å². The zero-order chi connectivity index (χ0) is 26.9. The molecule has 2 aliphatic carbocycles. The molecular formula is C31H42N4O4. The first-order valence-corrected chi connectivity index (χ1v) is 15.2. The van der Waals surface area contributed by atoms with Gasteiger partial charge in [-0.15, -0.1) is 0 Å². The first kappa shape index (κ1) is 26.5. The van der Waals surface area contributed by atoms with Gasteiger partial charge in [0.15, 0.2) is 5.69 Å². The average molecular weight is 535 g/mol. The Morgan fingerprint density at radius 3 is 2.33 bits per heavy atom. The molecule has 0 radical (unpaired) electrons. The van der Waals surface area contributed by atoms with Crippen molar-refractivity contribution in [3.63, 3.8) is 0 Å². The molecule has 3 heterocycles. The molecule has 5 atom stereocenters. The average Bonchev–Trinajstić information content (AvgIpc) is 2.92. The van der Waals surface area contributed by atoms with E-state index >= 15 is 0 Å². The highest BCUT2D eigenvalue weighted by Crippen LogP contribution is 2.47. The quantitative estimate of drug-likeness (QED) is 0.353.